The smallest absolute Gasteiger partial charge is 0.313 e. The van der Waals surface area contributed by atoms with Crippen LogP contribution in [-0.4, -0.2) is 11.8 Å². The van der Waals surface area contributed by atoms with Crippen LogP contribution in [0.2, 0.25) is 0 Å². The quantitative estimate of drug-likeness (QED) is 0.672. The van der Waals surface area contributed by atoms with Crippen molar-refractivity contribution in [2.24, 2.45) is 0 Å². The summed E-state index contributed by atoms with van der Waals surface area (Å²) in [5.41, 5.74) is 3.33. The number of carbonyl (C=O) groups is 2. The number of amides is 2. The standard InChI is InChI=1S/C20H17FN2O2S/c1-13(22-19(24)20(25)23-18-10-11-26-12-18)14-2-4-15(5-3-14)16-6-8-17(21)9-7-16/h2-13H,1H3,(H,22,24)(H,23,25). The Morgan fingerprint density at radius 3 is 2.12 bits per heavy atom. The molecule has 26 heavy (non-hydrogen) atoms. The van der Waals surface area contributed by atoms with Gasteiger partial charge in [-0.15, -0.1) is 0 Å². The van der Waals surface area contributed by atoms with Gasteiger partial charge in [-0.05, 0) is 47.2 Å². The second kappa shape index (κ2) is 7.93. The van der Waals surface area contributed by atoms with Crippen molar-refractivity contribution in [1.82, 2.24) is 5.32 Å². The summed E-state index contributed by atoms with van der Waals surface area (Å²) in [7, 11) is 0. The third-order valence-corrected chi connectivity index (χ3v) is 4.60. The molecule has 0 fully saturated rings. The van der Waals surface area contributed by atoms with Gasteiger partial charge >= 0.3 is 11.8 Å². The van der Waals surface area contributed by atoms with Crippen molar-refractivity contribution < 1.29 is 14.0 Å². The molecular formula is C20H17FN2O2S. The lowest BCUT2D eigenvalue weighted by atomic mass is 10.0. The molecule has 132 valence electrons. The van der Waals surface area contributed by atoms with Gasteiger partial charge in [0, 0.05) is 5.38 Å². The normalized spacial score (nSPS) is 11.6. The zero-order valence-corrected chi connectivity index (χ0v) is 14.8. The number of nitrogens with one attached hydrogen (secondary N) is 2. The monoisotopic (exact) mass is 368 g/mol. The number of rotatable bonds is 4. The Morgan fingerprint density at radius 1 is 0.923 bits per heavy atom. The predicted molar refractivity (Wildman–Crippen MR) is 101 cm³/mol. The van der Waals surface area contributed by atoms with Crippen LogP contribution in [0.5, 0.6) is 0 Å². The van der Waals surface area contributed by atoms with Crippen molar-refractivity contribution in [3.63, 3.8) is 0 Å². The van der Waals surface area contributed by atoms with Crippen LogP contribution < -0.4 is 10.6 Å². The third kappa shape index (κ3) is 4.34. The van der Waals surface area contributed by atoms with Gasteiger partial charge in [-0.1, -0.05) is 36.4 Å². The third-order valence-electron chi connectivity index (χ3n) is 3.92. The highest BCUT2D eigenvalue weighted by molar-refractivity contribution is 7.08. The Hall–Kier alpha value is -2.99. The summed E-state index contributed by atoms with van der Waals surface area (Å²) in [6.45, 7) is 1.81. The largest absolute Gasteiger partial charge is 0.341 e. The Labute approximate surface area is 154 Å². The molecule has 6 heteroatoms. The molecule has 0 saturated heterocycles. The summed E-state index contributed by atoms with van der Waals surface area (Å²) in [6, 6.07) is 15.2. The van der Waals surface area contributed by atoms with Gasteiger partial charge in [0.2, 0.25) is 0 Å². The molecule has 1 aromatic heterocycles. The summed E-state index contributed by atoms with van der Waals surface area (Å²) in [5, 5.41) is 8.79. The van der Waals surface area contributed by atoms with E-state index >= 15 is 0 Å². The zero-order chi connectivity index (χ0) is 18.5. The van der Waals surface area contributed by atoms with E-state index in [4.69, 9.17) is 0 Å². The fourth-order valence-corrected chi connectivity index (χ4v) is 3.06. The first-order valence-electron chi connectivity index (χ1n) is 8.03. The fourth-order valence-electron chi connectivity index (χ4n) is 2.48. The molecule has 2 N–H and O–H groups in total. The maximum atomic E-state index is 13.0. The lowest BCUT2D eigenvalue weighted by Gasteiger charge is -2.14. The van der Waals surface area contributed by atoms with Crippen LogP contribution in [0.1, 0.15) is 18.5 Å². The molecule has 3 aromatic rings. The fraction of sp³-hybridized carbons (Fsp3) is 0.100. The van der Waals surface area contributed by atoms with E-state index in [-0.39, 0.29) is 11.9 Å². The average Bonchev–Trinajstić information content (AvgIpc) is 3.15. The molecular weight excluding hydrogens is 351 g/mol. The van der Waals surface area contributed by atoms with Crippen molar-refractivity contribution in [2.45, 2.75) is 13.0 Å². The van der Waals surface area contributed by atoms with Gasteiger partial charge in [0.05, 0.1) is 11.7 Å². The topological polar surface area (TPSA) is 58.2 Å². The number of anilines is 1. The molecule has 2 amide bonds. The molecule has 0 aliphatic heterocycles. The summed E-state index contributed by atoms with van der Waals surface area (Å²) in [6.07, 6.45) is 0. The number of hydrogen-bond acceptors (Lipinski definition) is 3. The first kappa shape index (κ1) is 17.8. The maximum Gasteiger partial charge on any atom is 0.313 e. The summed E-state index contributed by atoms with van der Waals surface area (Å²) in [5.74, 6) is -1.66. The molecule has 1 atom stereocenters. The number of benzene rings is 2. The van der Waals surface area contributed by atoms with Crippen LogP contribution in [0, 0.1) is 5.82 Å². The summed E-state index contributed by atoms with van der Waals surface area (Å²) < 4.78 is 13.0. The van der Waals surface area contributed by atoms with Crippen molar-refractivity contribution in [1.29, 1.82) is 0 Å². The molecule has 0 spiro atoms. The van der Waals surface area contributed by atoms with Gasteiger partial charge in [0.1, 0.15) is 5.82 Å². The number of halogens is 1. The molecule has 0 bridgehead atoms. The molecule has 4 nitrogen and oxygen atoms in total. The SMILES string of the molecule is CC(NC(=O)C(=O)Nc1ccsc1)c1ccc(-c2ccc(F)cc2)cc1. The molecule has 1 unspecified atom stereocenters. The number of thiophene rings is 1. The lowest BCUT2D eigenvalue weighted by molar-refractivity contribution is -0.136. The van der Waals surface area contributed by atoms with Gasteiger partial charge in [-0.25, -0.2) is 4.39 Å². The molecule has 1 heterocycles. The van der Waals surface area contributed by atoms with Gasteiger partial charge in [-0.3, -0.25) is 9.59 Å². The van der Waals surface area contributed by atoms with E-state index in [1.807, 2.05) is 36.6 Å². The predicted octanol–water partition coefficient (Wildman–Crippen LogP) is 4.37. The van der Waals surface area contributed by atoms with E-state index in [2.05, 4.69) is 10.6 Å². The van der Waals surface area contributed by atoms with E-state index in [0.29, 0.717) is 5.69 Å². The minimum atomic E-state index is -0.696. The van der Waals surface area contributed by atoms with Gasteiger partial charge in [0.15, 0.2) is 0 Å². The van der Waals surface area contributed by atoms with Crippen LogP contribution in [0.4, 0.5) is 10.1 Å². The lowest BCUT2D eigenvalue weighted by Crippen LogP contribution is -2.36. The van der Waals surface area contributed by atoms with E-state index in [9.17, 15) is 14.0 Å². The first-order chi connectivity index (χ1) is 12.5. The molecule has 2 aromatic carbocycles. The summed E-state index contributed by atoms with van der Waals surface area (Å²) >= 11 is 1.44. The second-order valence-electron chi connectivity index (χ2n) is 5.79. The summed E-state index contributed by atoms with van der Waals surface area (Å²) in [4.78, 5) is 23.9. The maximum absolute atomic E-state index is 13.0. The second-order valence-corrected chi connectivity index (χ2v) is 6.57. The van der Waals surface area contributed by atoms with Crippen LogP contribution in [-0.2, 0) is 9.59 Å². The van der Waals surface area contributed by atoms with Crippen LogP contribution >= 0.6 is 11.3 Å². The molecule has 0 radical (unpaired) electrons. The van der Waals surface area contributed by atoms with Gasteiger partial charge in [-0.2, -0.15) is 11.3 Å². The Bertz CT molecular complexity index is 891. The van der Waals surface area contributed by atoms with Gasteiger partial charge in [0.25, 0.3) is 0 Å². The van der Waals surface area contributed by atoms with Crippen molar-refractivity contribution in [3.05, 3.63) is 76.7 Å². The minimum Gasteiger partial charge on any atom is -0.341 e. The molecule has 3 rings (SSSR count). The minimum absolute atomic E-state index is 0.276. The van der Waals surface area contributed by atoms with Crippen LogP contribution in [0.25, 0.3) is 11.1 Å². The van der Waals surface area contributed by atoms with Crippen LogP contribution in [0.15, 0.2) is 65.4 Å². The van der Waals surface area contributed by atoms with Crippen LogP contribution in [0.3, 0.4) is 0 Å². The highest BCUT2D eigenvalue weighted by Gasteiger charge is 2.17. The Balaban J connectivity index is 1.62. The highest BCUT2D eigenvalue weighted by atomic mass is 32.1. The van der Waals surface area contributed by atoms with E-state index in [0.717, 1.165) is 16.7 Å². The number of hydrogen-bond donors (Lipinski definition) is 2. The Kier molecular flexibility index (Phi) is 5.43. The van der Waals surface area contributed by atoms with E-state index in [1.165, 1.54) is 23.5 Å². The molecule has 0 saturated carbocycles. The van der Waals surface area contributed by atoms with Crippen molar-refractivity contribution in [2.75, 3.05) is 5.32 Å². The van der Waals surface area contributed by atoms with Crippen molar-refractivity contribution in [3.8, 4) is 11.1 Å². The Morgan fingerprint density at radius 2 is 1.54 bits per heavy atom. The van der Waals surface area contributed by atoms with E-state index < -0.39 is 11.8 Å². The highest BCUT2D eigenvalue weighted by Crippen LogP contribution is 2.22. The van der Waals surface area contributed by atoms with Crippen molar-refractivity contribution >= 4 is 28.8 Å². The van der Waals surface area contributed by atoms with Gasteiger partial charge < -0.3 is 10.6 Å². The average molecular weight is 368 g/mol. The molecule has 0 aliphatic carbocycles. The number of carbonyl (C=O) groups excluding carboxylic acids is 2. The molecule has 0 aliphatic rings. The zero-order valence-electron chi connectivity index (χ0n) is 14.0. The first-order valence-corrected chi connectivity index (χ1v) is 8.97. The van der Waals surface area contributed by atoms with E-state index in [1.54, 1.807) is 23.6 Å².